The van der Waals surface area contributed by atoms with Gasteiger partial charge in [-0.3, -0.25) is 9.78 Å². The number of pyridine rings is 1. The predicted molar refractivity (Wildman–Crippen MR) is 89.7 cm³/mol. The van der Waals surface area contributed by atoms with E-state index in [2.05, 4.69) is 9.72 Å². The Morgan fingerprint density at radius 2 is 1.96 bits per heavy atom. The molecule has 0 aliphatic heterocycles. The highest BCUT2D eigenvalue weighted by molar-refractivity contribution is 5.95. The Bertz CT molecular complexity index is 738. The van der Waals surface area contributed by atoms with Gasteiger partial charge in [0.25, 0.3) is 5.91 Å². The number of hydrogen-bond acceptors (Lipinski definition) is 3. The van der Waals surface area contributed by atoms with E-state index in [1.54, 1.807) is 32.2 Å². The molecule has 0 spiro atoms. The van der Waals surface area contributed by atoms with Crippen LogP contribution in [-0.2, 0) is 6.54 Å². The maximum atomic E-state index is 13.0. The van der Waals surface area contributed by atoms with Crippen LogP contribution in [0, 0.1) is 13.8 Å². The van der Waals surface area contributed by atoms with E-state index >= 15 is 0 Å². The highest BCUT2D eigenvalue weighted by Crippen LogP contribution is 2.32. The number of halogens is 2. The van der Waals surface area contributed by atoms with Gasteiger partial charge in [0.15, 0.2) is 0 Å². The Hall–Kier alpha value is -2.50. The van der Waals surface area contributed by atoms with Gasteiger partial charge in [-0.1, -0.05) is 6.07 Å². The summed E-state index contributed by atoms with van der Waals surface area (Å²) in [5, 5.41) is 0. The number of benzene rings is 1. The van der Waals surface area contributed by atoms with Gasteiger partial charge in [0, 0.05) is 17.8 Å². The molecule has 0 N–H and O–H groups in total. The number of amides is 1. The van der Waals surface area contributed by atoms with Crippen LogP contribution >= 0.6 is 0 Å². The second-order valence-corrected chi connectivity index (χ2v) is 6.30. The first-order valence-corrected chi connectivity index (χ1v) is 8.22. The van der Waals surface area contributed by atoms with Crippen molar-refractivity contribution in [2.45, 2.75) is 45.9 Å². The van der Waals surface area contributed by atoms with Crippen LogP contribution in [-0.4, -0.2) is 28.4 Å². The average Bonchev–Trinajstić information content (AvgIpc) is 3.41. The zero-order valence-electron chi connectivity index (χ0n) is 14.2. The quantitative estimate of drug-likeness (QED) is 0.791. The Labute approximate surface area is 145 Å². The molecule has 0 saturated heterocycles. The molecule has 6 heteroatoms. The van der Waals surface area contributed by atoms with Crippen LogP contribution in [0.3, 0.4) is 0 Å². The number of aryl methyl sites for hydroxylation is 2. The van der Waals surface area contributed by atoms with Crippen LogP contribution < -0.4 is 4.74 Å². The van der Waals surface area contributed by atoms with Crippen molar-refractivity contribution in [3.8, 4) is 5.75 Å². The number of aromatic nitrogens is 1. The van der Waals surface area contributed by atoms with Gasteiger partial charge in [-0.15, -0.1) is 0 Å². The van der Waals surface area contributed by atoms with Gasteiger partial charge in [-0.05, 0) is 62.1 Å². The summed E-state index contributed by atoms with van der Waals surface area (Å²) in [6.07, 6.45) is 3.65. The molecule has 2 aromatic rings. The summed E-state index contributed by atoms with van der Waals surface area (Å²) in [6, 6.07) is 9.05. The minimum absolute atomic E-state index is 0.108. The molecule has 0 atom stereocenters. The lowest BCUT2D eigenvalue weighted by atomic mass is 10.0. The third kappa shape index (κ3) is 4.13. The number of alkyl halides is 2. The Balaban J connectivity index is 1.85. The van der Waals surface area contributed by atoms with Crippen molar-refractivity contribution >= 4 is 5.91 Å². The van der Waals surface area contributed by atoms with E-state index in [0.29, 0.717) is 23.2 Å². The first-order chi connectivity index (χ1) is 12.0. The van der Waals surface area contributed by atoms with E-state index in [4.69, 9.17) is 0 Å². The normalized spacial score (nSPS) is 13.8. The van der Waals surface area contributed by atoms with Crippen LogP contribution in [0.1, 0.15) is 40.0 Å². The summed E-state index contributed by atoms with van der Waals surface area (Å²) in [5.41, 5.74) is 2.36. The molecular weight excluding hydrogens is 326 g/mol. The zero-order valence-corrected chi connectivity index (χ0v) is 14.2. The van der Waals surface area contributed by atoms with Gasteiger partial charge in [-0.25, -0.2) is 0 Å². The number of hydrogen-bond donors (Lipinski definition) is 0. The molecule has 1 fully saturated rings. The fourth-order valence-corrected chi connectivity index (χ4v) is 2.93. The molecule has 0 radical (unpaired) electrons. The summed E-state index contributed by atoms with van der Waals surface area (Å²) in [6.45, 7) is 0.896. The van der Waals surface area contributed by atoms with Crippen molar-refractivity contribution in [3.05, 3.63) is 58.9 Å². The summed E-state index contributed by atoms with van der Waals surface area (Å²) >= 11 is 0. The lowest BCUT2D eigenvalue weighted by Crippen LogP contribution is -2.33. The standard InChI is InChI=1S/C19H20F2N2O2/c1-12-9-14(10-13(2)17(12)25-19(20)21)18(24)23(16-6-7-16)11-15-5-3-4-8-22-15/h3-5,8-10,16,19H,6-7,11H2,1-2H3. The van der Waals surface area contributed by atoms with Crippen LogP contribution in [0.25, 0.3) is 0 Å². The first-order valence-electron chi connectivity index (χ1n) is 8.22. The molecule has 25 heavy (non-hydrogen) atoms. The molecule has 132 valence electrons. The molecule has 4 nitrogen and oxygen atoms in total. The van der Waals surface area contributed by atoms with E-state index in [9.17, 15) is 13.6 Å². The topological polar surface area (TPSA) is 42.4 Å². The highest BCUT2D eigenvalue weighted by atomic mass is 19.3. The molecule has 1 aromatic heterocycles. The first kappa shape index (κ1) is 17.3. The molecule has 1 heterocycles. The van der Waals surface area contributed by atoms with Crippen LogP contribution in [0.2, 0.25) is 0 Å². The summed E-state index contributed by atoms with van der Waals surface area (Å²) in [7, 11) is 0. The van der Waals surface area contributed by atoms with E-state index in [-0.39, 0.29) is 17.7 Å². The number of nitrogens with zero attached hydrogens (tertiary/aromatic N) is 2. The van der Waals surface area contributed by atoms with Crippen molar-refractivity contribution in [3.63, 3.8) is 0 Å². The summed E-state index contributed by atoms with van der Waals surface area (Å²) in [4.78, 5) is 19.1. The molecule has 1 amide bonds. The van der Waals surface area contributed by atoms with Gasteiger partial charge in [0.05, 0.1) is 12.2 Å². The summed E-state index contributed by atoms with van der Waals surface area (Å²) < 4.78 is 29.6. The average molecular weight is 346 g/mol. The van der Waals surface area contributed by atoms with Gasteiger partial charge >= 0.3 is 6.61 Å². The Morgan fingerprint density at radius 3 is 2.48 bits per heavy atom. The predicted octanol–water partition coefficient (Wildman–Crippen LogP) is 4.10. The van der Waals surface area contributed by atoms with Crippen LogP contribution in [0.4, 0.5) is 8.78 Å². The fraction of sp³-hybridized carbons (Fsp3) is 0.368. The van der Waals surface area contributed by atoms with Crippen LogP contribution in [0.15, 0.2) is 36.5 Å². The van der Waals surface area contributed by atoms with Crippen molar-refractivity contribution in [2.75, 3.05) is 0 Å². The number of rotatable bonds is 6. The number of carbonyl (C=O) groups is 1. The van der Waals surface area contributed by atoms with Gasteiger partial charge < -0.3 is 9.64 Å². The molecule has 1 saturated carbocycles. The van der Waals surface area contributed by atoms with Crippen LogP contribution in [0.5, 0.6) is 5.75 Å². The second-order valence-electron chi connectivity index (χ2n) is 6.30. The molecule has 1 aromatic carbocycles. The van der Waals surface area contributed by atoms with Gasteiger partial charge in [-0.2, -0.15) is 8.78 Å². The molecule has 1 aliphatic rings. The monoisotopic (exact) mass is 346 g/mol. The zero-order chi connectivity index (χ0) is 18.0. The minimum atomic E-state index is -2.88. The van der Waals surface area contributed by atoms with Crippen molar-refractivity contribution in [2.24, 2.45) is 0 Å². The fourth-order valence-electron chi connectivity index (χ4n) is 2.93. The largest absolute Gasteiger partial charge is 0.434 e. The smallest absolute Gasteiger partial charge is 0.387 e. The molecule has 1 aliphatic carbocycles. The molecule has 0 bridgehead atoms. The van der Waals surface area contributed by atoms with E-state index < -0.39 is 6.61 Å². The van der Waals surface area contributed by atoms with Crippen molar-refractivity contribution in [1.29, 1.82) is 0 Å². The van der Waals surface area contributed by atoms with Crippen molar-refractivity contribution in [1.82, 2.24) is 9.88 Å². The maximum Gasteiger partial charge on any atom is 0.387 e. The van der Waals surface area contributed by atoms with Gasteiger partial charge in [0.2, 0.25) is 0 Å². The lowest BCUT2D eigenvalue weighted by Gasteiger charge is -2.23. The number of carbonyl (C=O) groups excluding carboxylic acids is 1. The molecule has 0 unspecified atom stereocenters. The van der Waals surface area contributed by atoms with E-state index in [0.717, 1.165) is 18.5 Å². The third-order valence-electron chi connectivity index (χ3n) is 4.22. The Morgan fingerprint density at radius 1 is 1.28 bits per heavy atom. The highest BCUT2D eigenvalue weighted by Gasteiger charge is 2.33. The Kier molecular flexibility index (Phi) is 4.97. The molecule has 3 rings (SSSR count). The lowest BCUT2D eigenvalue weighted by molar-refractivity contribution is -0.0507. The minimum Gasteiger partial charge on any atom is -0.434 e. The number of ether oxygens (including phenoxy) is 1. The summed E-state index contributed by atoms with van der Waals surface area (Å²) in [5.74, 6) is 0.0252. The third-order valence-corrected chi connectivity index (χ3v) is 4.22. The van der Waals surface area contributed by atoms with E-state index in [1.165, 1.54) is 0 Å². The second kappa shape index (κ2) is 7.17. The van der Waals surface area contributed by atoms with Gasteiger partial charge in [0.1, 0.15) is 5.75 Å². The van der Waals surface area contributed by atoms with E-state index in [1.807, 2.05) is 23.1 Å². The molecular formula is C19H20F2N2O2. The van der Waals surface area contributed by atoms with Crippen molar-refractivity contribution < 1.29 is 18.3 Å². The SMILES string of the molecule is Cc1cc(C(=O)N(Cc2ccccn2)C2CC2)cc(C)c1OC(F)F. The maximum absolute atomic E-state index is 13.0.